The summed E-state index contributed by atoms with van der Waals surface area (Å²) in [6.07, 6.45) is 6.32. The summed E-state index contributed by atoms with van der Waals surface area (Å²) < 4.78 is 2.20. The van der Waals surface area contributed by atoms with Crippen LogP contribution in [0.1, 0.15) is 82.5 Å². The van der Waals surface area contributed by atoms with Gasteiger partial charge in [0, 0.05) is 49.2 Å². The second kappa shape index (κ2) is 12.8. The van der Waals surface area contributed by atoms with Crippen LogP contribution in [0.15, 0.2) is 48.5 Å². The van der Waals surface area contributed by atoms with Gasteiger partial charge in [-0.25, -0.2) is 0 Å². The number of benzene rings is 2. The number of amides is 2. The van der Waals surface area contributed by atoms with Gasteiger partial charge >= 0.3 is 0 Å². The lowest BCUT2D eigenvalue weighted by Crippen LogP contribution is -2.56. The van der Waals surface area contributed by atoms with Gasteiger partial charge in [-0.05, 0) is 43.5 Å². The van der Waals surface area contributed by atoms with Crippen LogP contribution in [-0.4, -0.2) is 40.0 Å². The summed E-state index contributed by atoms with van der Waals surface area (Å²) in [6.45, 7) is 9.02. The van der Waals surface area contributed by atoms with E-state index in [9.17, 15) is 14.7 Å². The van der Waals surface area contributed by atoms with Crippen LogP contribution in [-0.2, 0) is 21.7 Å². The molecule has 0 radical (unpaired) electrons. The Morgan fingerprint density at radius 1 is 1.00 bits per heavy atom. The minimum Gasteiger partial charge on any atom is -0.508 e. The van der Waals surface area contributed by atoms with Crippen LogP contribution in [0.5, 0.6) is 5.75 Å². The van der Waals surface area contributed by atoms with Crippen molar-refractivity contribution >= 4 is 22.7 Å². The number of rotatable bonds is 13. The van der Waals surface area contributed by atoms with Crippen molar-refractivity contribution in [3.05, 3.63) is 65.4 Å². The van der Waals surface area contributed by atoms with E-state index in [0.29, 0.717) is 19.5 Å². The third-order valence-electron chi connectivity index (χ3n) is 7.27. The van der Waals surface area contributed by atoms with Gasteiger partial charge in [0.2, 0.25) is 5.91 Å². The van der Waals surface area contributed by atoms with E-state index < -0.39 is 5.54 Å². The quantitative estimate of drug-likeness (QED) is 0.269. The van der Waals surface area contributed by atoms with Crippen molar-refractivity contribution in [1.82, 2.24) is 14.8 Å². The lowest BCUT2D eigenvalue weighted by molar-refractivity contribution is -0.141. The number of carbonyl (C=O) groups excluding carboxylic acids is 2. The predicted molar refractivity (Wildman–Crippen MR) is 151 cm³/mol. The van der Waals surface area contributed by atoms with Crippen LogP contribution in [0.3, 0.4) is 0 Å². The highest BCUT2D eigenvalue weighted by Crippen LogP contribution is 2.40. The molecule has 2 N–H and O–H groups in total. The van der Waals surface area contributed by atoms with Crippen LogP contribution in [0.4, 0.5) is 0 Å². The molecule has 0 fully saturated rings. The second-order valence-corrected chi connectivity index (χ2v) is 10.2. The highest BCUT2D eigenvalue weighted by molar-refractivity contribution is 5.99. The van der Waals surface area contributed by atoms with Gasteiger partial charge in [-0.15, -0.1) is 0 Å². The first-order valence-electron chi connectivity index (χ1n) is 13.7. The largest absolute Gasteiger partial charge is 0.508 e. The Labute approximate surface area is 221 Å². The molecule has 0 saturated heterocycles. The number of hydrogen-bond acceptors (Lipinski definition) is 3. The summed E-state index contributed by atoms with van der Waals surface area (Å²) in [5.41, 5.74) is 2.56. The van der Waals surface area contributed by atoms with Crippen molar-refractivity contribution in [2.75, 3.05) is 13.6 Å². The van der Waals surface area contributed by atoms with Gasteiger partial charge < -0.3 is 19.9 Å². The number of nitrogens with one attached hydrogen (secondary N) is 1. The molecule has 1 heterocycles. The number of aromatic nitrogens is 1. The molecule has 0 aliphatic heterocycles. The summed E-state index contributed by atoms with van der Waals surface area (Å²) >= 11 is 0. The van der Waals surface area contributed by atoms with Crippen molar-refractivity contribution in [2.45, 2.75) is 84.7 Å². The minimum absolute atomic E-state index is 0.0992. The average molecular weight is 506 g/mol. The number of phenols is 1. The summed E-state index contributed by atoms with van der Waals surface area (Å²) in [6, 6.07) is 15.5. The van der Waals surface area contributed by atoms with Gasteiger partial charge in [-0.2, -0.15) is 0 Å². The fourth-order valence-corrected chi connectivity index (χ4v) is 5.44. The number of unbranched alkanes of at least 4 members (excludes halogenated alkanes) is 4. The molecule has 0 spiro atoms. The van der Waals surface area contributed by atoms with Gasteiger partial charge in [-0.1, -0.05) is 76.3 Å². The van der Waals surface area contributed by atoms with E-state index in [0.717, 1.165) is 66.2 Å². The molecule has 3 rings (SSSR count). The highest BCUT2D eigenvalue weighted by Gasteiger charge is 2.45. The van der Waals surface area contributed by atoms with E-state index >= 15 is 0 Å². The van der Waals surface area contributed by atoms with Crippen molar-refractivity contribution in [3.8, 4) is 5.75 Å². The molecule has 0 aliphatic rings. The van der Waals surface area contributed by atoms with Crippen LogP contribution >= 0.6 is 0 Å². The lowest BCUT2D eigenvalue weighted by atomic mass is 9.81. The predicted octanol–water partition coefficient (Wildman–Crippen LogP) is 6.26. The smallest absolute Gasteiger partial charge is 0.252 e. The molecule has 1 aromatic heterocycles. The molecule has 6 heteroatoms. The van der Waals surface area contributed by atoms with Gasteiger partial charge in [0.15, 0.2) is 0 Å². The Morgan fingerprint density at radius 3 is 2.35 bits per heavy atom. The molecule has 1 atom stereocenters. The summed E-state index contributed by atoms with van der Waals surface area (Å²) in [4.78, 5) is 28.9. The van der Waals surface area contributed by atoms with Gasteiger partial charge in [-0.3, -0.25) is 9.59 Å². The zero-order valence-electron chi connectivity index (χ0n) is 23.1. The second-order valence-electron chi connectivity index (χ2n) is 10.2. The minimum atomic E-state index is -1.22. The molecule has 6 nitrogen and oxygen atoms in total. The Kier molecular flexibility index (Phi) is 9.79. The molecule has 2 aromatic carbocycles. The number of carbonyl (C=O) groups is 2. The highest BCUT2D eigenvalue weighted by atomic mass is 16.3. The van der Waals surface area contributed by atoms with E-state index in [1.807, 2.05) is 38.2 Å². The number of fused-ring (bicyclic) bond motifs is 1. The van der Waals surface area contributed by atoms with Crippen LogP contribution in [0.25, 0.3) is 10.9 Å². The van der Waals surface area contributed by atoms with Crippen molar-refractivity contribution in [2.24, 2.45) is 0 Å². The molecule has 1 unspecified atom stereocenters. The summed E-state index contributed by atoms with van der Waals surface area (Å²) in [5, 5.41) is 14.5. The van der Waals surface area contributed by atoms with Crippen LogP contribution in [0.2, 0.25) is 0 Å². The van der Waals surface area contributed by atoms with E-state index in [2.05, 4.69) is 35.9 Å². The molecule has 37 heavy (non-hydrogen) atoms. The molecular formula is C31H43N3O3. The van der Waals surface area contributed by atoms with Crippen LogP contribution in [0, 0.1) is 6.92 Å². The molecule has 0 saturated carbocycles. The van der Waals surface area contributed by atoms with E-state index in [1.54, 1.807) is 17.0 Å². The molecule has 0 bridgehead atoms. The molecule has 3 aromatic rings. The first-order chi connectivity index (χ1) is 17.7. The Balaban J connectivity index is 2.28. The third kappa shape index (κ3) is 6.35. The maximum absolute atomic E-state index is 14.4. The number of hydrogen-bond donors (Lipinski definition) is 2. The van der Waals surface area contributed by atoms with Crippen molar-refractivity contribution < 1.29 is 14.7 Å². The standard InChI is InChI=1S/C31H43N3O3/c1-6-8-10-14-19-31(32-24(4)35,30(37)33(5)20-9-7-2)29-23(3)34(22-25-15-12-11-13-16-25)28-18-17-26(36)21-27(28)29/h11-13,15-18,21,36H,6-10,14,19-20,22H2,1-5H3,(H,32,35). The molecule has 200 valence electrons. The third-order valence-corrected chi connectivity index (χ3v) is 7.27. The number of nitrogens with zero attached hydrogens (tertiary/aromatic N) is 2. The Hall–Kier alpha value is -3.28. The monoisotopic (exact) mass is 505 g/mol. The Morgan fingerprint density at radius 2 is 1.70 bits per heavy atom. The lowest BCUT2D eigenvalue weighted by Gasteiger charge is -2.37. The zero-order valence-corrected chi connectivity index (χ0v) is 23.1. The first kappa shape index (κ1) is 28.3. The maximum Gasteiger partial charge on any atom is 0.252 e. The van der Waals surface area contributed by atoms with E-state index in [-0.39, 0.29) is 17.6 Å². The SMILES string of the molecule is CCCCCCC(NC(C)=O)(C(=O)N(C)CCCC)c1c(C)n(Cc2ccccc2)c2ccc(O)cc12. The molecular weight excluding hydrogens is 462 g/mol. The molecule has 2 amide bonds. The number of phenolic OH excluding ortho intramolecular Hbond substituents is 1. The van der Waals surface area contributed by atoms with Gasteiger partial charge in [0.25, 0.3) is 5.91 Å². The topological polar surface area (TPSA) is 74.6 Å². The summed E-state index contributed by atoms with van der Waals surface area (Å²) in [7, 11) is 1.83. The Bertz CT molecular complexity index is 1200. The van der Waals surface area contributed by atoms with Gasteiger partial charge in [0.1, 0.15) is 11.3 Å². The fraction of sp³-hybridized carbons (Fsp3) is 0.484. The van der Waals surface area contributed by atoms with Gasteiger partial charge in [0.05, 0.1) is 0 Å². The molecule has 0 aliphatic carbocycles. The maximum atomic E-state index is 14.4. The fourth-order valence-electron chi connectivity index (χ4n) is 5.44. The van der Waals surface area contributed by atoms with Crippen molar-refractivity contribution in [1.29, 1.82) is 0 Å². The normalized spacial score (nSPS) is 12.9. The van der Waals surface area contributed by atoms with E-state index in [1.165, 1.54) is 6.92 Å². The average Bonchev–Trinajstić information content (AvgIpc) is 3.14. The number of aromatic hydroxyl groups is 1. The van der Waals surface area contributed by atoms with Crippen molar-refractivity contribution in [3.63, 3.8) is 0 Å². The van der Waals surface area contributed by atoms with E-state index in [4.69, 9.17) is 0 Å². The van der Waals surface area contributed by atoms with Crippen LogP contribution < -0.4 is 5.32 Å². The summed E-state index contributed by atoms with van der Waals surface area (Å²) in [5.74, 6) is -0.200. The zero-order chi connectivity index (χ0) is 27.0. The number of likely N-dealkylation sites (N-methyl/N-ethyl adjacent to an activating group) is 1. The first-order valence-corrected chi connectivity index (χ1v) is 13.7.